The van der Waals surface area contributed by atoms with E-state index in [2.05, 4.69) is 30.6 Å². The van der Waals surface area contributed by atoms with Gasteiger partial charge in [-0.05, 0) is 67.5 Å². The number of likely N-dealkylation sites (tertiary alicyclic amines) is 1. The summed E-state index contributed by atoms with van der Waals surface area (Å²) >= 11 is 0. The minimum absolute atomic E-state index is 0.0189. The van der Waals surface area contributed by atoms with Crippen molar-refractivity contribution >= 4 is 52.8 Å². The summed E-state index contributed by atoms with van der Waals surface area (Å²) in [7, 11) is 3.37. The van der Waals surface area contributed by atoms with Crippen LogP contribution >= 0.6 is 0 Å². The third-order valence-electron chi connectivity index (χ3n) is 14.6. The highest BCUT2D eigenvalue weighted by atomic mass is 19.3. The summed E-state index contributed by atoms with van der Waals surface area (Å²) in [6, 6.07) is 7.16. The predicted molar refractivity (Wildman–Crippen MR) is 275 cm³/mol. The maximum Gasteiger partial charge on any atom is 0.317 e. The van der Waals surface area contributed by atoms with Crippen LogP contribution in [0.25, 0.3) is 11.1 Å². The van der Waals surface area contributed by atoms with E-state index in [9.17, 15) is 37.5 Å². The zero-order chi connectivity index (χ0) is 54.0. The quantitative estimate of drug-likeness (QED) is 0.0661. The van der Waals surface area contributed by atoms with E-state index in [1.807, 2.05) is 11.0 Å². The molecule has 0 aliphatic carbocycles. The van der Waals surface area contributed by atoms with Crippen molar-refractivity contribution < 1.29 is 61.2 Å². The second-order valence-electron chi connectivity index (χ2n) is 19.5. The van der Waals surface area contributed by atoms with Gasteiger partial charge in [-0.15, -0.1) is 0 Å². The minimum Gasteiger partial charge on any atom is -0.382 e. The number of fused-ring (bicyclic) bond motifs is 3. The lowest BCUT2D eigenvalue weighted by atomic mass is 9.92. The molecule has 5 aliphatic heterocycles. The zero-order valence-corrected chi connectivity index (χ0v) is 43.6. The van der Waals surface area contributed by atoms with Crippen LogP contribution in [0.3, 0.4) is 0 Å². The van der Waals surface area contributed by atoms with Crippen LogP contribution in [0.1, 0.15) is 94.1 Å². The Kier molecular flexibility index (Phi) is 18.2. The number of aromatic nitrogens is 4. The largest absolute Gasteiger partial charge is 0.382 e. The first-order chi connectivity index (χ1) is 37.4. The Morgan fingerprint density at radius 3 is 2.17 bits per heavy atom. The Labute approximate surface area is 444 Å². The Morgan fingerprint density at radius 1 is 0.805 bits per heavy atom. The van der Waals surface area contributed by atoms with E-state index in [4.69, 9.17) is 28.8 Å². The van der Waals surface area contributed by atoms with E-state index in [0.29, 0.717) is 146 Å². The number of aryl methyl sites for hydroxylation is 2. The number of imide groups is 2. The zero-order valence-electron chi connectivity index (χ0n) is 43.6. The highest BCUT2D eigenvalue weighted by Crippen LogP contribution is 2.44. The van der Waals surface area contributed by atoms with Crippen LogP contribution in [-0.4, -0.2) is 182 Å². The molecule has 0 radical (unpaired) electrons. The van der Waals surface area contributed by atoms with E-state index in [1.54, 1.807) is 60.3 Å². The van der Waals surface area contributed by atoms with Gasteiger partial charge in [0, 0.05) is 99.6 Å². The van der Waals surface area contributed by atoms with E-state index >= 15 is 0 Å². The van der Waals surface area contributed by atoms with Crippen molar-refractivity contribution in [1.82, 2.24) is 44.9 Å². The number of anilines is 3. The van der Waals surface area contributed by atoms with Gasteiger partial charge >= 0.3 is 6.03 Å². The lowest BCUT2D eigenvalue weighted by Gasteiger charge is -2.34. The number of carbonyl (C=O) groups is 6. The molecule has 0 bridgehead atoms. The third kappa shape index (κ3) is 12.6. The number of nitrogens with one attached hydrogen (secondary N) is 3. The molecule has 2 fully saturated rings. The number of hydrogen-bond acceptors (Lipinski definition) is 15. The van der Waals surface area contributed by atoms with Crippen molar-refractivity contribution in [2.45, 2.75) is 76.4 Å². The van der Waals surface area contributed by atoms with Gasteiger partial charge in [0.2, 0.25) is 17.7 Å². The summed E-state index contributed by atoms with van der Waals surface area (Å²) in [5.74, 6) is -1.53. The van der Waals surface area contributed by atoms with Gasteiger partial charge in [-0.2, -0.15) is 10.2 Å². The normalized spacial score (nSPS) is 17.8. The predicted octanol–water partition coefficient (Wildman–Crippen LogP) is 4.15. The van der Waals surface area contributed by atoms with Crippen molar-refractivity contribution in [3.05, 3.63) is 76.2 Å². The standard InChI is InChI=1S/C53H67F2N11O11/c1-56-53(72)63-18-12-42-40(33-63)49(64-15-4-5-34-29-38(35-31-58-61(2)32-35)39(48(54)55)30-44(34)64)60-66(42)36-10-16-62(17-11-36)46(68)13-19-73-21-23-75-25-27-77-28-26-76-24-22-74-20-14-57-41-7-3-6-37-47(41)52(71)65(51(37)70)43-8-9-45(67)59-50(43)69/h3,6-7,29-32,36,43,48,57H,4-5,8-28,33H2,1-2H3,(H,56,72)(H,59,67,69). The van der Waals surface area contributed by atoms with Gasteiger partial charge in [0.1, 0.15) is 6.04 Å². The Bertz CT molecular complexity index is 2800. The molecule has 9 rings (SSSR count). The highest BCUT2D eigenvalue weighted by molar-refractivity contribution is 6.25. The van der Waals surface area contributed by atoms with Crippen molar-refractivity contribution in [3.8, 4) is 11.1 Å². The molecule has 0 spiro atoms. The molecule has 77 heavy (non-hydrogen) atoms. The number of carbonyl (C=O) groups excluding carboxylic acids is 6. The van der Waals surface area contributed by atoms with E-state index in [-0.39, 0.29) is 60.5 Å². The SMILES string of the molecule is CNC(=O)N1CCc2c(c(N3CCCc4cc(-c5cnn(C)c5)c(C(F)F)cc43)nn2C2CCN(C(=O)CCOCCOCCOCCOCCOCCNc3cccc4c3C(=O)N(C3CCC(=O)NC3=O)C4=O)CC2)C1. The van der Waals surface area contributed by atoms with E-state index in [0.717, 1.165) is 34.6 Å². The molecule has 2 saturated heterocycles. The Balaban J connectivity index is 0.634. The average Bonchev–Trinajstić information content (AvgIpc) is 4.18. The number of nitrogens with zero attached hydrogens (tertiary/aromatic N) is 8. The number of rotatable bonds is 24. The number of alkyl halides is 2. The van der Waals surface area contributed by atoms with Crippen LogP contribution < -0.4 is 20.9 Å². The first kappa shape index (κ1) is 54.9. The van der Waals surface area contributed by atoms with Crippen LogP contribution in [0.15, 0.2) is 42.7 Å². The van der Waals surface area contributed by atoms with Crippen LogP contribution in [0.5, 0.6) is 0 Å². The first-order valence-corrected chi connectivity index (χ1v) is 26.4. The Morgan fingerprint density at radius 2 is 1.51 bits per heavy atom. The summed E-state index contributed by atoms with van der Waals surface area (Å²) in [5.41, 5.74) is 5.52. The summed E-state index contributed by atoms with van der Waals surface area (Å²) < 4.78 is 61.3. The summed E-state index contributed by atoms with van der Waals surface area (Å²) in [6.07, 6.45) is 4.56. The minimum atomic E-state index is -2.70. The fourth-order valence-electron chi connectivity index (χ4n) is 10.7. The van der Waals surface area contributed by atoms with E-state index in [1.165, 1.54) is 0 Å². The number of benzene rings is 2. The number of ether oxygens (including phenoxy) is 5. The van der Waals surface area contributed by atoms with Crippen molar-refractivity contribution in [1.29, 1.82) is 0 Å². The fourth-order valence-corrected chi connectivity index (χ4v) is 10.7. The van der Waals surface area contributed by atoms with Gasteiger partial charge in [-0.25, -0.2) is 13.6 Å². The Hall–Kier alpha value is -6.86. The third-order valence-corrected chi connectivity index (χ3v) is 14.6. The fraction of sp³-hybridized carbons (Fsp3) is 0.547. The molecule has 2 aromatic heterocycles. The summed E-state index contributed by atoms with van der Waals surface area (Å²) in [5, 5.41) is 17.5. The molecule has 4 aromatic rings. The second-order valence-corrected chi connectivity index (χ2v) is 19.5. The molecule has 1 unspecified atom stereocenters. The second kappa shape index (κ2) is 25.5. The van der Waals surface area contributed by atoms with Crippen molar-refractivity contribution in [2.24, 2.45) is 7.05 Å². The molecular formula is C53H67F2N11O11. The maximum absolute atomic E-state index is 14.7. The lowest BCUT2D eigenvalue weighted by molar-refractivity contribution is -0.136. The molecule has 24 heteroatoms. The molecule has 7 amide bonds. The molecule has 1 atom stereocenters. The van der Waals surface area contributed by atoms with Gasteiger partial charge in [-0.3, -0.25) is 43.6 Å². The summed E-state index contributed by atoms with van der Waals surface area (Å²) in [4.78, 5) is 83.0. The molecule has 0 saturated carbocycles. The van der Waals surface area contributed by atoms with Crippen LogP contribution in [0, 0.1) is 0 Å². The molecule has 22 nitrogen and oxygen atoms in total. The number of hydrogen-bond donors (Lipinski definition) is 3. The van der Waals surface area contributed by atoms with E-state index < -0.39 is 36.1 Å². The molecule has 2 aromatic carbocycles. The van der Waals surface area contributed by atoms with Gasteiger partial charge in [0.25, 0.3) is 18.2 Å². The van der Waals surface area contributed by atoms with Gasteiger partial charge in [0.05, 0.1) is 102 Å². The van der Waals surface area contributed by atoms with Crippen molar-refractivity contribution in [3.63, 3.8) is 0 Å². The topological polar surface area (TPSA) is 233 Å². The van der Waals surface area contributed by atoms with Crippen LogP contribution in [0.2, 0.25) is 0 Å². The van der Waals surface area contributed by atoms with Gasteiger partial charge < -0.3 is 49.0 Å². The maximum atomic E-state index is 14.7. The number of urea groups is 1. The highest BCUT2D eigenvalue weighted by Gasteiger charge is 2.46. The smallest absolute Gasteiger partial charge is 0.317 e. The first-order valence-electron chi connectivity index (χ1n) is 26.4. The molecule has 414 valence electrons. The van der Waals surface area contributed by atoms with Crippen molar-refractivity contribution in [2.75, 3.05) is 116 Å². The van der Waals surface area contributed by atoms with Crippen LogP contribution in [0.4, 0.5) is 30.8 Å². The molecule has 3 N–H and O–H groups in total. The summed E-state index contributed by atoms with van der Waals surface area (Å²) in [6.45, 7) is 6.39. The molecule has 5 aliphatic rings. The van der Waals surface area contributed by atoms with Gasteiger partial charge in [0.15, 0.2) is 5.82 Å². The number of halogens is 2. The van der Waals surface area contributed by atoms with Crippen LogP contribution in [-0.2, 0) is 64.5 Å². The lowest BCUT2D eigenvalue weighted by Crippen LogP contribution is -2.54. The molecular weight excluding hydrogens is 1000 g/mol. The number of amides is 7. The number of piperidine rings is 2. The average molecular weight is 1070 g/mol. The van der Waals surface area contributed by atoms with Gasteiger partial charge in [-0.1, -0.05) is 6.07 Å². The monoisotopic (exact) mass is 1070 g/mol. The molecule has 7 heterocycles.